The first-order chi connectivity index (χ1) is 20.4. The Morgan fingerprint density at radius 3 is 2.35 bits per heavy atom. The van der Waals surface area contributed by atoms with E-state index in [0.717, 1.165) is 44.2 Å². The summed E-state index contributed by atoms with van der Waals surface area (Å²) < 4.78 is 45.0. The van der Waals surface area contributed by atoms with Crippen LogP contribution >= 0.6 is 0 Å². The molecule has 4 amide bonds. The molecule has 2 aromatic rings. The Kier molecular flexibility index (Phi) is 10.2. The number of carbonyl (C=O) groups excluding carboxylic acids is 3. The van der Waals surface area contributed by atoms with Crippen LogP contribution in [0.5, 0.6) is 5.75 Å². The number of nitrogens with zero attached hydrogens (tertiary/aromatic N) is 2. The number of nitrogens with one attached hydrogen (secondary N) is 2. The molecule has 0 spiro atoms. The molecule has 0 radical (unpaired) electrons. The van der Waals surface area contributed by atoms with Crippen LogP contribution in [0.3, 0.4) is 0 Å². The zero-order valence-corrected chi connectivity index (χ0v) is 24.6. The highest BCUT2D eigenvalue weighted by Crippen LogP contribution is 2.32. The summed E-state index contributed by atoms with van der Waals surface area (Å²) in [7, 11) is 1.54. The molecule has 1 aliphatic carbocycles. The molecule has 3 N–H and O–H groups in total. The van der Waals surface area contributed by atoms with Crippen LogP contribution in [0.1, 0.15) is 61.9 Å². The number of fused-ring (bicyclic) bond motifs is 1. The van der Waals surface area contributed by atoms with Gasteiger partial charge in [-0.25, -0.2) is 4.79 Å². The summed E-state index contributed by atoms with van der Waals surface area (Å²) >= 11 is 0. The number of urea groups is 1. The number of hydrogen-bond acceptors (Lipinski definition) is 5. The Morgan fingerprint density at radius 1 is 1.07 bits per heavy atom. The summed E-state index contributed by atoms with van der Waals surface area (Å²) in [6.07, 6.45) is -0.241. The van der Waals surface area contributed by atoms with Gasteiger partial charge >= 0.3 is 12.2 Å². The molecule has 43 heavy (non-hydrogen) atoms. The van der Waals surface area contributed by atoms with Crippen LogP contribution in [0.25, 0.3) is 0 Å². The van der Waals surface area contributed by atoms with Crippen molar-refractivity contribution in [3.63, 3.8) is 0 Å². The van der Waals surface area contributed by atoms with Gasteiger partial charge in [0.15, 0.2) is 0 Å². The predicted octanol–water partition coefficient (Wildman–Crippen LogP) is 5.61. The fourth-order valence-electron chi connectivity index (χ4n) is 5.44. The number of ether oxygens (including phenoxy) is 1. The van der Waals surface area contributed by atoms with Gasteiger partial charge < -0.3 is 30.3 Å². The molecule has 9 nitrogen and oxygen atoms in total. The van der Waals surface area contributed by atoms with Crippen LogP contribution in [0.15, 0.2) is 42.5 Å². The van der Waals surface area contributed by atoms with Gasteiger partial charge in [-0.15, -0.1) is 0 Å². The Morgan fingerprint density at radius 2 is 1.72 bits per heavy atom. The van der Waals surface area contributed by atoms with E-state index in [2.05, 4.69) is 10.6 Å². The van der Waals surface area contributed by atoms with Crippen molar-refractivity contribution in [3.05, 3.63) is 53.6 Å². The molecule has 0 saturated heterocycles. The normalized spacial score (nSPS) is 20.3. The number of alkyl halides is 3. The molecule has 4 rings (SSSR count). The third-order valence-electron chi connectivity index (χ3n) is 8.17. The Hall–Kier alpha value is -3.80. The van der Waals surface area contributed by atoms with Crippen molar-refractivity contribution >= 4 is 29.2 Å². The van der Waals surface area contributed by atoms with Crippen LogP contribution in [0.4, 0.5) is 29.3 Å². The van der Waals surface area contributed by atoms with E-state index in [9.17, 15) is 32.7 Å². The first kappa shape index (κ1) is 32.1. The maximum Gasteiger partial charge on any atom is 0.416 e. The zero-order chi connectivity index (χ0) is 31.3. The minimum absolute atomic E-state index is 0.0666. The maximum atomic E-state index is 13.7. The number of benzene rings is 2. The van der Waals surface area contributed by atoms with Crippen molar-refractivity contribution in [2.24, 2.45) is 11.8 Å². The van der Waals surface area contributed by atoms with Crippen molar-refractivity contribution in [2.45, 2.75) is 64.3 Å². The van der Waals surface area contributed by atoms with Gasteiger partial charge in [-0.1, -0.05) is 26.2 Å². The monoisotopic (exact) mass is 604 g/mol. The molecule has 234 valence electrons. The lowest BCUT2D eigenvalue weighted by Crippen LogP contribution is -2.50. The van der Waals surface area contributed by atoms with E-state index in [1.807, 2.05) is 6.92 Å². The number of amides is 4. The largest absolute Gasteiger partial charge is 0.487 e. The molecule has 0 aromatic heterocycles. The molecule has 0 bridgehead atoms. The standard InChI is InChI=1S/C31H39F3N4O5/c1-19-16-38(20(2)18-39)29(41)25-15-24(35-28(40)21-7-5-4-6-8-21)13-14-26(25)43-27(19)17-37(3)30(42)36-23-11-9-22(10-12-23)31(32,33)34/h9-15,19-21,27,39H,4-8,16-18H2,1-3H3,(H,35,40)(H,36,42)/t19-,20+,27-/m1/s1. The van der Waals surface area contributed by atoms with Gasteiger partial charge in [0.05, 0.1) is 30.3 Å². The van der Waals surface area contributed by atoms with Crippen molar-refractivity contribution in [3.8, 4) is 5.75 Å². The Labute approximate surface area is 249 Å². The number of anilines is 2. The summed E-state index contributed by atoms with van der Waals surface area (Å²) in [4.78, 5) is 42.4. The van der Waals surface area contributed by atoms with E-state index < -0.39 is 29.9 Å². The first-order valence-electron chi connectivity index (χ1n) is 14.6. The highest BCUT2D eigenvalue weighted by molar-refractivity contribution is 6.00. The molecule has 2 aromatic carbocycles. The summed E-state index contributed by atoms with van der Waals surface area (Å²) in [5.74, 6) is -0.472. The highest BCUT2D eigenvalue weighted by atomic mass is 19.4. The fraction of sp³-hybridized carbons (Fsp3) is 0.516. The number of likely N-dealkylation sites (N-methyl/N-ethyl adjacent to an activating group) is 1. The molecule has 1 aliphatic heterocycles. The maximum absolute atomic E-state index is 13.7. The predicted molar refractivity (Wildman–Crippen MR) is 156 cm³/mol. The van der Waals surface area contributed by atoms with Gasteiger partial charge in [0, 0.05) is 36.8 Å². The molecule has 0 unspecified atom stereocenters. The SMILES string of the molecule is C[C@@H]1CN([C@@H](C)CO)C(=O)c2cc(NC(=O)C3CCCCC3)ccc2O[C@@H]1CN(C)C(=O)Nc1ccc(C(F)(F)F)cc1. The molecular formula is C31H39F3N4O5. The minimum Gasteiger partial charge on any atom is -0.487 e. The number of hydrogen-bond donors (Lipinski definition) is 3. The van der Waals surface area contributed by atoms with Gasteiger partial charge in [0.25, 0.3) is 5.91 Å². The number of aliphatic hydroxyl groups excluding tert-OH is 1. The number of aliphatic hydroxyl groups is 1. The summed E-state index contributed by atoms with van der Waals surface area (Å²) in [5, 5.41) is 15.4. The lowest BCUT2D eigenvalue weighted by molar-refractivity contribution is -0.137. The van der Waals surface area contributed by atoms with E-state index in [-0.39, 0.29) is 60.3 Å². The van der Waals surface area contributed by atoms with Crippen molar-refractivity contribution in [1.82, 2.24) is 9.80 Å². The molecule has 1 fully saturated rings. The summed E-state index contributed by atoms with van der Waals surface area (Å²) in [6.45, 7) is 3.69. The smallest absolute Gasteiger partial charge is 0.416 e. The van der Waals surface area contributed by atoms with Crippen LogP contribution in [-0.4, -0.2) is 71.6 Å². The van der Waals surface area contributed by atoms with Gasteiger partial charge in [-0.05, 0) is 62.2 Å². The third kappa shape index (κ3) is 7.98. The average Bonchev–Trinajstić information content (AvgIpc) is 2.99. The van der Waals surface area contributed by atoms with Crippen LogP contribution in [-0.2, 0) is 11.0 Å². The van der Waals surface area contributed by atoms with Crippen molar-refractivity contribution in [1.29, 1.82) is 0 Å². The zero-order valence-electron chi connectivity index (χ0n) is 24.6. The van der Waals surface area contributed by atoms with E-state index in [4.69, 9.17) is 4.74 Å². The topological polar surface area (TPSA) is 111 Å². The molecule has 2 aliphatic rings. The average molecular weight is 605 g/mol. The van der Waals surface area contributed by atoms with Crippen molar-refractivity contribution in [2.75, 3.05) is 37.4 Å². The van der Waals surface area contributed by atoms with E-state index in [0.29, 0.717) is 5.69 Å². The second-order valence-corrected chi connectivity index (χ2v) is 11.5. The molecule has 1 heterocycles. The fourth-order valence-corrected chi connectivity index (χ4v) is 5.44. The minimum atomic E-state index is -4.48. The summed E-state index contributed by atoms with van der Waals surface area (Å²) in [5.41, 5.74) is 0.0944. The van der Waals surface area contributed by atoms with Gasteiger partial charge in [-0.3, -0.25) is 9.59 Å². The number of carbonyl (C=O) groups is 3. The lowest BCUT2D eigenvalue weighted by atomic mass is 9.88. The third-order valence-corrected chi connectivity index (χ3v) is 8.17. The van der Waals surface area contributed by atoms with Crippen molar-refractivity contribution < 1.29 is 37.4 Å². The molecule has 3 atom stereocenters. The van der Waals surface area contributed by atoms with E-state index >= 15 is 0 Å². The quantitative estimate of drug-likeness (QED) is 0.381. The summed E-state index contributed by atoms with van der Waals surface area (Å²) in [6, 6.07) is 8.00. The Bertz CT molecular complexity index is 1300. The van der Waals surface area contributed by atoms with Crippen LogP contribution in [0.2, 0.25) is 0 Å². The highest BCUT2D eigenvalue weighted by Gasteiger charge is 2.35. The number of halogens is 3. The molecular weight excluding hydrogens is 565 g/mol. The van der Waals surface area contributed by atoms with Gasteiger partial charge in [0.1, 0.15) is 11.9 Å². The Balaban J connectivity index is 1.52. The second-order valence-electron chi connectivity index (χ2n) is 11.5. The van der Waals surface area contributed by atoms with Gasteiger partial charge in [-0.2, -0.15) is 13.2 Å². The lowest BCUT2D eigenvalue weighted by Gasteiger charge is -2.38. The second kappa shape index (κ2) is 13.7. The number of rotatable bonds is 7. The van der Waals surface area contributed by atoms with Gasteiger partial charge in [0.2, 0.25) is 5.91 Å². The van der Waals surface area contributed by atoms with Crippen LogP contribution in [0, 0.1) is 11.8 Å². The molecule has 1 saturated carbocycles. The molecule has 12 heteroatoms. The van der Waals surface area contributed by atoms with Crippen LogP contribution < -0.4 is 15.4 Å². The first-order valence-corrected chi connectivity index (χ1v) is 14.6. The van der Waals surface area contributed by atoms with E-state index in [1.165, 1.54) is 17.0 Å². The van der Waals surface area contributed by atoms with E-state index in [1.54, 1.807) is 37.1 Å².